The van der Waals surface area contributed by atoms with Gasteiger partial charge in [-0.05, 0) is 26.2 Å². The SMILES string of the molecule is CCCNc1cc(NC2CC(O)C2)nc(COCC)n1. The van der Waals surface area contributed by atoms with Crippen LogP contribution in [0.4, 0.5) is 11.6 Å². The Labute approximate surface area is 120 Å². The predicted molar refractivity (Wildman–Crippen MR) is 78.8 cm³/mol. The van der Waals surface area contributed by atoms with Crippen molar-refractivity contribution >= 4 is 11.6 Å². The maximum atomic E-state index is 9.33. The third kappa shape index (κ3) is 4.31. The minimum atomic E-state index is -0.171. The third-order valence-electron chi connectivity index (χ3n) is 3.23. The number of rotatable bonds is 8. The molecule has 6 nitrogen and oxygen atoms in total. The number of aliphatic hydroxyl groups excluding tert-OH is 1. The standard InChI is InChI=1S/C14H24N4O2/c1-3-5-15-12-8-13(16-10-6-11(19)7-10)18-14(17-12)9-20-4-2/h8,10-11,19H,3-7,9H2,1-2H3,(H2,15,16,17,18). The molecule has 3 N–H and O–H groups in total. The first-order valence-electron chi connectivity index (χ1n) is 7.35. The van der Waals surface area contributed by atoms with Gasteiger partial charge in [-0.1, -0.05) is 6.92 Å². The predicted octanol–water partition coefficient (Wildman–Crippen LogP) is 1.77. The van der Waals surface area contributed by atoms with Gasteiger partial charge in [0.1, 0.15) is 18.2 Å². The van der Waals surface area contributed by atoms with E-state index in [4.69, 9.17) is 4.74 Å². The summed E-state index contributed by atoms with van der Waals surface area (Å²) in [6, 6.07) is 2.22. The summed E-state index contributed by atoms with van der Waals surface area (Å²) in [6.07, 6.45) is 2.43. The number of aliphatic hydroxyl groups is 1. The van der Waals surface area contributed by atoms with Crippen LogP contribution in [0, 0.1) is 0 Å². The van der Waals surface area contributed by atoms with Gasteiger partial charge in [0.25, 0.3) is 0 Å². The fourth-order valence-corrected chi connectivity index (χ4v) is 2.09. The molecule has 0 spiro atoms. The third-order valence-corrected chi connectivity index (χ3v) is 3.23. The fourth-order valence-electron chi connectivity index (χ4n) is 2.09. The molecule has 0 aromatic carbocycles. The molecule has 0 aliphatic heterocycles. The van der Waals surface area contributed by atoms with Crippen LogP contribution in [-0.4, -0.2) is 40.4 Å². The van der Waals surface area contributed by atoms with E-state index in [1.807, 2.05) is 13.0 Å². The highest BCUT2D eigenvalue weighted by Crippen LogP contribution is 2.24. The van der Waals surface area contributed by atoms with Gasteiger partial charge in [0, 0.05) is 25.3 Å². The quantitative estimate of drug-likeness (QED) is 0.673. The molecule has 6 heteroatoms. The van der Waals surface area contributed by atoms with Gasteiger partial charge in [0.05, 0.1) is 6.10 Å². The van der Waals surface area contributed by atoms with Crippen LogP contribution in [-0.2, 0) is 11.3 Å². The van der Waals surface area contributed by atoms with Crippen molar-refractivity contribution in [3.05, 3.63) is 11.9 Å². The Morgan fingerprint density at radius 3 is 2.70 bits per heavy atom. The normalized spacial score (nSPS) is 21.4. The summed E-state index contributed by atoms with van der Waals surface area (Å²) in [6.45, 7) is 6.01. The van der Waals surface area contributed by atoms with E-state index in [0.717, 1.165) is 37.4 Å². The molecule has 0 unspecified atom stereocenters. The second kappa shape index (κ2) is 7.40. The second-order valence-corrected chi connectivity index (χ2v) is 5.09. The van der Waals surface area contributed by atoms with Crippen LogP contribution < -0.4 is 10.6 Å². The van der Waals surface area contributed by atoms with Crippen molar-refractivity contribution in [2.75, 3.05) is 23.8 Å². The Balaban J connectivity index is 2.03. The second-order valence-electron chi connectivity index (χ2n) is 5.09. The van der Waals surface area contributed by atoms with Gasteiger partial charge in [-0.3, -0.25) is 0 Å². The zero-order valence-electron chi connectivity index (χ0n) is 12.2. The zero-order chi connectivity index (χ0) is 14.4. The van der Waals surface area contributed by atoms with Crippen LogP contribution in [0.25, 0.3) is 0 Å². The number of aromatic nitrogens is 2. The highest BCUT2D eigenvalue weighted by molar-refractivity contribution is 5.48. The number of nitrogens with zero attached hydrogens (tertiary/aromatic N) is 2. The van der Waals surface area contributed by atoms with Crippen LogP contribution >= 0.6 is 0 Å². The minimum absolute atomic E-state index is 0.171. The summed E-state index contributed by atoms with van der Waals surface area (Å²) < 4.78 is 5.38. The van der Waals surface area contributed by atoms with Gasteiger partial charge in [-0.25, -0.2) is 9.97 Å². The Kier molecular flexibility index (Phi) is 5.55. The smallest absolute Gasteiger partial charge is 0.158 e. The lowest BCUT2D eigenvalue weighted by Gasteiger charge is -2.32. The van der Waals surface area contributed by atoms with Crippen molar-refractivity contribution < 1.29 is 9.84 Å². The molecule has 112 valence electrons. The molecule has 1 aliphatic carbocycles. The molecule has 1 aliphatic rings. The van der Waals surface area contributed by atoms with E-state index in [-0.39, 0.29) is 6.10 Å². The summed E-state index contributed by atoms with van der Waals surface area (Å²) in [5.41, 5.74) is 0. The lowest BCUT2D eigenvalue weighted by Crippen LogP contribution is -2.39. The highest BCUT2D eigenvalue weighted by atomic mass is 16.5. The summed E-state index contributed by atoms with van der Waals surface area (Å²) in [5, 5.41) is 15.9. The molecule has 1 fully saturated rings. The molecule has 0 atom stereocenters. The van der Waals surface area contributed by atoms with E-state index in [2.05, 4.69) is 27.5 Å². The average molecular weight is 280 g/mol. The van der Waals surface area contributed by atoms with E-state index < -0.39 is 0 Å². The summed E-state index contributed by atoms with van der Waals surface area (Å²) in [5.74, 6) is 2.29. The fraction of sp³-hybridized carbons (Fsp3) is 0.714. The van der Waals surface area contributed by atoms with E-state index in [0.29, 0.717) is 25.1 Å². The van der Waals surface area contributed by atoms with Crippen molar-refractivity contribution in [1.29, 1.82) is 0 Å². The van der Waals surface area contributed by atoms with Gasteiger partial charge in [0.2, 0.25) is 0 Å². The molecular formula is C14H24N4O2. The number of hydrogen-bond donors (Lipinski definition) is 3. The lowest BCUT2D eigenvalue weighted by atomic mass is 9.89. The van der Waals surface area contributed by atoms with Crippen LogP contribution in [0.3, 0.4) is 0 Å². The Morgan fingerprint density at radius 1 is 1.30 bits per heavy atom. The van der Waals surface area contributed by atoms with Gasteiger partial charge in [-0.15, -0.1) is 0 Å². The first-order chi connectivity index (χ1) is 9.71. The van der Waals surface area contributed by atoms with Crippen LogP contribution in [0.15, 0.2) is 6.07 Å². The van der Waals surface area contributed by atoms with E-state index in [9.17, 15) is 5.11 Å². The zero-order valence-corrected chi connectivity index (χ0v) is 12.2. The molecule has 0 saturated heterocycles. The Hall–Kier alpha value is -1.40. The maximum absolute atomic E-state index is 9.33. The number of ether oxygens (including phenoxy) is 1. The molecule has 0 amide bonds. The number of anilines is 2. The number of nitrogens with one attached hydrogen (secondary N) is 2. The average Bonchev–Trinajstić information content (AvgIpc) is 2.41. The number of hydrogen-bond acceptors (Lipinski definition) is 6. The summed E-state index contributed by atoms with van der Waals surface area (Å²) in [4.78, 5) is 8.89. The van der Waals surface area contributed by atoms with E-state index in [1.165, 1.54) is 0 Å². The van der Waals surface area contributed by atoms with Crippen molar-refractivity contribution in [3.8, 4) is 0 Å². The monoisotopic (exact) mass is 280 g/mol. The Bertz CT molecular complexity index is 395. The van der Waals surface area contributed by atoms with Crippen LogP contribution in [0.5, 0.6) is 0 Å². The molecule has 2 rings (SSSR count). The maximum Gasteiger partial charge on any atom is 0.158 e. The summed E-state index contributed by atoms with van der Waals surface area (Å²) in [7, 11) is 0. The van der Waals surface area contributed by atoms with Gasteiger partial charge < -0.3 is 20.5 Å². The largest absolute Gasteiger partial charge is 0.393 e. The molecule has 1 heterocycles. The van der Waals surface area contributed by atoms with Gasteiger partial charge >= 0.3 is 0 Å². The molecule has 0 radical (unpaired) electrons. The van der Waals surface area contributed by atoms with Crippen molar-refractivity contribution in [2.24, 2.45) is 0 Å². The topological polar surface area (TPSA) is 79.3 Å². The van der Waals surface area contributed by atoms with Crippen LogP contribution in [0.2, 0.25) is 0 Å². The van der Waals surface area contributed by atoms with Crippen molar-refractivity contribution in [2.45, 2.75) is 51.9 Å². The molecule has 1 saturated carbocycles. The minimum Gasteiger partial charge on any atom is -0.393 e. The summed E-state index contributed by atoms with van der Waals surface area (Å²) >= 11 is 0. The van der Waals surface area contributed by atoms with Gasteiger partial charge in [0.15, 0.2) is 5.82 Å². The lowest BCUT2D eigenvalue weighted by molar-refractivity contribution is 0.0835. The first kappa shape index (κ1) is 15.0. The molecule has 1 aromatic rings. The molecule has 20 heavy (non-hydrogen) atoms. The van der Waals surface area contributed by atoms with Gasteiger partial charge in [-0.2, -0.15) is 0 Å². The van der Waals surface area contributed by atoms with Crippen LogP contribution in [0.1, 0.15) is 38.9 Å². The molecule has 0 bridgehead atoms. The van der Waals surface area contributed by atoms with E-state index >= 15 is 0 Å². The highest BCUT2D eigenvalue weighted by Gasteiger charge is 2.27. The Morgan fingerprint density at radius 2 is 2.05 bits per heavy atom. The van der Waals surface area contributed by atoms with Crippen molar-refractivity contribution in [1.82, 2.24) is 9.97 Å². The first-order valence-corrected chi connectivity index (χ1v) is 7.35. The van der Waals surface area contributed by atoms with E-state index in [1.54, 1.807) is 0 Å². The molecule has 1 aromatic heterocycles. The van der Waals surface area contributed by atoms with Crippen molar-refractivity contribution in [3.63, 3.8) is 0 Å². The molecular weight excluding hydrogens is 256 g/mol.